The van der Waals surface area contributed by atoms with Gasteiger partial charge in [-0.05, 0) is 61.7 Å². The summed E-state index contributed by atoms with van der Waals surface area (Å²) in [6.07, 6.45) is 2.59. The van der Waals surface area contributed by atoms with Gasteiger partial charge in [0.25, 0.3) is 5.91 Å². The number of carbonyl (C=O) groups excluding carboxylic acids is 1. The van der Waals surface area contributed by atoms with Crippen LogP contribution in [0.25, 0.3) is 0 Å². The molecular formula is C21H26N2O6S. The van der Waals surface area contributed by atoms with Crippen LogP contribution in [-0.2, 0) is 14.8 Å². The van der Waals surface area contributed by atoms with Gasteiger partial charge in [-0.1, -0.05) is 6.92 Å². The molecule has 162 valence electrons. The molecule has 1 aliphatic carbocycles. The highest BCUT2D eigenvalue weighted by molar-refractivity contribution is 7.89. The summed E-state index contributed by atoms with van der Waals surface area (Å²) in [4.78, 5) is 12.4. The lowest BCUT2D eigenvalue weighted by Crippen LogP contribution is -2.26. The molecule has 9 heteroatoms. The van der Waals surface area contributed by atoms with E-state index in [1.54, 1.807) is 24.3 Å². The summed E-state index contributed by atoms with van der Waals surface area (Å²) in [5.41, 5.74) is 0.257. The van der Waals surface area contributed by atoms with E-state index in [0.29, 0.717) is 18.1 Å². The van der Waals surface area contributed by atoms with Gasteiger partial charge in [-0.2, -0.15) is 0 Å². The van der Waals surface area contributed by atoms with E-state index in [4.69, 9.17) is 14.2 Å². The van der Waals surface area contributed by atoms with Crippen LogP contribution in [0.15, 0.2) is 47.4 Å². The van der Waals surface area contributed by atoms with Crippen molar-refractivity contribution in [3.8, 4) is 17.2 Å². The van der Waals surface area contributed by atoms with E-state index < -0.39 is 15.9 Å². The Kier molecular flexibility index (Phi) is 7.17. The first-order chi connectivity index (χ1) is 14.4. The maximum absolute atomic E-state index is 12.4. The fourth-order valence-corrected chi connectivity index (χ4v) is 3.96. The molecule has 0 atom stereocenters. The Balaban J connectivity index is 1.61. The average molecular weight is 435 g/mol. The molecule has 0 spiro atoms. The third-order valence-electron chi connectivity index (χ3n) is 4.32. The van der Waals surface area contributed by atoms with Crippen LogP contribution in [0.4, 0.5) is 5.69 Å². The fourth-order valence-electron chi connectivity index (χ4n) is 2.63. The van der Waals surface area contributed by atoms with Gasteiger partial charge >= 0.3 is 0 Å². The average Bonchev–Trinajstić information content (AvgIpc) is 3.54. The van der Waals surface area contributed by atoms with Gasteiger partial charge in [-0.15, -0.1) is 0 Å². The van der Waals surface area contributed by atoms with Crippen LogP contribution in [0, 0.1) is 0 Å². The standard InChI is InChI=1S/C21H26N2O6S/c1-3-12-28-16-6-8-17(9-7-16)29-14-21(24)22-19-13-18(10-11-20(19)27-2)30(25,26)23-15-4-5-15/h6-11,13,15,23H,3-5,12,14H2,1-2H3,(H,22,24). The second-order valence-corrected chi connectivity index (χ2v) is 8.63. The molecular weight excluding hydrogens is 408 g/mol. The van der Waals surface area contributed by atoms with Gasteiger partial charge in [0.1, 0.15) is 17.2 Å². The lowest BCUT2D eigenvalue weighted by Gasteiger charge is -2.13. The van der Waals surface area contributed by atoms with Gasteiger partial charge in [0.05, 0.1) is 24.3 Å². The summed E-state index contributed by atoms with van der Waals surface area (Å²) in [7, 11) is -2.20. The van der Waals surface area contributed by atoms with E-state index in [0.717, 1.165) is 25.0 Å². The van der Waals surface area contributed by atoms with Crippen LogP contribution in [0.5, 0.6) is 17.2 Å². The number of benzene rings is 2. The first-order valence-electron chi connectivity index (χ1n) is 9.77. The highest BCUT2D eigenvalue weighted by Gasteiger charge is 2.28. The number of hydrogen-bond donors (Lipinski definition) is 2. The van der Waals surface area contributed by atoms with E-state index in [1.165, 1.54) is 25.3 Å². The zero-order chi connectivity index (χ0) is 21.6. The zero-order valence-electron chi connectivity index (χ0n) is 17.0. The lowest BCUT2D eigenvalue weighted by atomic mass is 10.3. The summed E-state index contributed by atoms with van der Waals surface area (Å²) in [6.45, 7) is 2.42. The number of anilines is 1. The smallest absolute Gasteiger partial charge is 0.262 e. The van der Waals surface area contributed by atoms with E-state index in [1.807, 2.05) is 6.92 Å². The summed E-state index contributed by atoms with van der Waals surface area (Å²) in [5, 5.41) is 2.65. The van der Waals surface area contributed by atoms with Crippen molar-refractivity contribution in [3.63, 3.8) is 0 Å². The number of amides is 1. The molecule has 0 aromatic heterocycles. The topological polar surface area (TPSA) is 103 Å². The molecule has 1 aliphatic rings. The predicted molar refractivity (Wildman–Crippen MR) is 113 cm³/mol. The minimum atomic E-state index is -3.65. The van der Waals surface area contributed by atoms with Crippen molar-refractivity contribution in [1.82, 2.24) is 4.72 Å². The van der Waals surface area contributed by atoms with Crippen LogP contribution >= 0.6 is 0 Å². The Hall–Kier alpha value is -2.78. The molecule has 8 nitrogen and oxygen atoms in total. The van der Waals surface area contributed by atoms with Gasteiger partial charge < -0.3 is 19.5 Å². The highest BCUT2D eigenvalue weighted by Crippen LogP contribution is 2.29. The van der Waals surface area contributed by atoms with Gasteiger partial charge in [0, 0.05) is 6.04 Å². The number of methoxy groups -OCH3 is 1. The quantitative estimate of drug-likeness (QED) is 0.564. The lowest BCUT2D eigenvalue weighted by molar-refractivity contribution is -0.118. The first kappa shape index (κ1) is 21.9. The van der Waals surface area contributed by atoms with Crippen molar-refractivity contribution < 1.29 is 27.4 Å². The monoisotopic (exact) mass is 434 g/mol. The largest absolute Gasteiger partial charge is 0.495 e. The van der Waals surface area contributed by atoms with Crippen LogP contribution < -0.4 is 24.2 Å². The maximum Gasteiger partial charge on any atom is 0.262 e. The molecule has 0 heterocycles. The van der Waals surface area contributed by atoms with Crippen molar-refractivity contribution in [2.45, 2.75) is 37.1 Å². The van der Waals surface area contributed by atoms with Crippen LogP contribution in [0.2, 0.25) is 0 Å². The van der Waals surface area contributed by atoms with E-state index in [-0.39, 0.29) is 23.2 Å². The number of hydrogen-bond acceptors (Lipinski definition) is 6. The number of sulfonamides is 1. The van der Waals surface area contributed by atoms with Gasteiger partial charge in [0.2, 0.25) is 10.0 Å². The number of rotatable bonds is 11. The second-order valence-electron chi connectivity index (χ2n) is 6.91. The molecule has 2 aromatic carbocycles. The molecule has 30 heavy (non-hydrogen) atoms. The molecule has 3 rings (SSSR count). The first-order valence-corrected chi connectivity index (χ1v) is 11.3. The Bertz CT molecular complexity index is 971. The van der Waals surface area contributed by atoms with Crippen LogP contribution in [0.3, 0.4) is 0 Å². The normalized spacial score (nSPS) is 13.5. The maximum atomic E-state index is 12.4. The molecule has 1 saturated carbocycles. The van der Waals surface area contributed by atoms with Crippen molar-refractivity contribution in [1.29, 1.82) is 0 Å². The molecule has 0 bridgehead atoms. The van der Waals surface area contributed by atoms with Crippen molar-refractivity contribution in [2.75, 3.05) is 25.6 Å². The van der Waals surface area contributed by atoms with Gasteiger partial charge in [-0.25, -0.2) is 13.1 Å². The summed E-state index contributed by atoms with van der Waals surface area (Å²) < 4.78 is 43.7. The van der Waals surface area contributed by atoms with E-state index in [2.05, 4.69) is 10.0 Å². The molecule has 2 N–H and O–H groups in total. The fraction of sp³-hybridized carbons (Fsp3) is 0.381. The van der Waals surface area contributed by atoms with Crippen molar-refractivity contribution >= 4 is 21.6 Å². The molecule has 1 amide bonds. The Morgan fingerprint density at radius 3 is 2.33 bits per heavy atom. The predicted octanol–water partition coefficient (Wildman–Crippen LogP) is 2.94. The SMILES string of the molecule is CCCOc1ccc(OCC(=O)Nc2cc(S(=O)(=O)NC3CC3)ccc2OC)cc1. The Labute approximate surface area is 176 Å². The summed E-state index contributed by atoms with van der Waals surface area (Å²) >= 11 is 0. The number of ether oxygens (including phenoxy) is 3. The molecule has 1 fully saturated rings. The van der Waals surface area contributed by atoms with Crippen molar-refractivity contribution in [2.24, 2.45) is 0 Å². The second kappa shape index (κ2) is 9.82. The van der Waals surface area contributed by atoms with Crippen LogP contribution in [-0.4, -0.2) is 40.7 Å². The van der Waals surface area contributed by atoms with Gasteiger partial charge in [-0.3, -0.25) is 4.79 Å². The molecule has 0 saturated heterocycles. The Morgan fingerprint density at radius 1 is 1.07 bits per heavy atom. The minimum absolute atomic E-state index is 0.0118. The van der Waals surface area contributed by atoms with Crippen LogP contribution in [0.1, 0.15) is 26.2 Å². The zero-order valence-corrected chi connectivity index (χ0v) is 17.8. The molecule has 2 aromatic rings. The highest BCUT2D eigenvalue weighted by atomic mass is 32.2. The van der Waals surface area contributed by atoms with E-state index >= 15 is 0 Å². The third kappa shape index (κ3) is 6.11. The van der Waals surface area contributed by atoms with E-state index in [9.17, 15) is 13.2 Å². The number of nitrogens with one attached hydrogen (secondary N) is 2. The molecule has 0 aliphatic heterocycles. The van der Waals surface area contributed by atoms with Crippen molar-refractivity contribution in [3.05, 3.63) is 42.5 Å². The number of carbonyl (C=O) groups is 1. The Morgan fingerprint density at radius 2 is 1.73 bits per heavy atom. The molecule has 0 radical (unpaired) electrons. The van der Waals surface area contributed by atoms with Gasteiger partial charge in [0.15, 0.2) is 6.61 Å². The minimum Gasteiger partial charge on any atom is -0.495 e. The summed E-state index contributed by atoms with van der Waals surface area (Å²) in [6, 6.07) is 11.3. The molecule has 0 unspecified atom stereocenters. The summed E-state index contributed by atoms with van der Waals surface area (Å²) in [5.74, 6) is 1.16. The third-order valence-corrected chi connectivity index (χ3v) is 5.84.